The molecular weight excluding hydrogens is 494 g/mol. The van der Waals surface area contributed by atoms with E-state index < -0.39 is 36.0 Å². The average molecular weight is 522 g/mol. The number of amides is 1. The summed E-state index contributed by atoms with van der Waals surface area (Å²) in [5, 5.41) is 12.4. The third-order valence-electron chi connectivity index (χ3n) is 5.42. The molecule has 10 heteroatoms. The Labute approximate surface area is 219 Å². The molecule has 0 saturated carbocycles. The first-order chi connectivity index (χ1) is 18.1. The molecule has 0 heterocycles. The van der Waals surface area contributed by atoms with Gasteiger partial charge in [0.1, 0.15) is 11.5 Å². The number of methoxy groups -OCH3 is 2. The number of benzene rings is 3. The normalized spacial score (nSPS) is 12.0. The number of aliphatic carboxylic acids is 1. The zero-order valence-electron chi connectivity index (χ0n) is 21.2. The first kappa shape index (κ1) is 27.7. The number of hydrogen-bond donors (Lipinski definition) is 2. The van der Waals surface area contributed by atoms with Crippen LogP contribution < -0.4 is 14.8 Å². The fourth-order valence-electron chi connectivity index (χ4n) is 3.52. The predicted octanol–water partition coefficient (Wildman–Crippen LogP) is 3.79. The number of esters is 2. The van der Waals surface area contributed by atoms with Crippen LogP contribution in [0, 0.1) is 13.8 Å². The quantitative estimate of drug-likeness (QED) is 0.382. The highest BCUT2D eigenvalue weighted by Gasteiger charge is 2.41. The van der Waals surface area contributed by atoms with Crippen molar-refractivity contribution in [1.29, 1.82) is 0 Å². The second kappa shape index (κ2) is 12.4. The molecular formula is C28H27NO9. The van der Waals surface area contributed by atoms with E-state index in [9.17, 15) is 24.3 Å². The molecule has 2 atom stereocenters. The predicted molar refractivity (Wildman–Crippen MR) is 137 cm³/mol. The summed E-state index contributed by atoms with van der Waals surface area (Å²) in [5.41, 5.74) is 1.73. The van der Waals surface area contributed by atoms with Gasteiger partial charge in [0.05, 0.1) is 31.0 Å². The molecule has 10 nitrogen and oxygen atoms in total. The molecule has 0 aliphatic rings. The molecule has 3 rings (SSSR count). The molecule has 0 unspecified atom stereocenters. The molecule has 38 heavy (non-hydrogen) atoms. The first-order valence-electron chi connectivity index (χ1n) is 11.4. The van der Waals surface area contributed by atoms with Crippen molar-refractivity contribution in [3.05, 3.63) is 89.0 Å². The van der Waals surface area contributed by atoms with Gasteiger partial charge in [-0.2, -0.15) is 0 Å². The zero-order valence-corrected chi connectivity index (χ0v) is 21.2. The van der Waals surface area contributed by atoms with Crippen LogP contribution in [0.25, 0.3) is 0 Å². The highest BCUT2D eigenvalue weighted by atomic mass is 16.6. The molecule has 1 amide bonds. The lowest BCUT2D eigenvalue weighted by atomic mass is 10.1. The average Bonchev–Trinajstić information content (AvgIpc) is 2.90. The summed E-state index contributed by atoms with van der Waals surface area (Å²) >= 11 is 0. The van der Waals surface area contributed by atoms with E-state index in [2.05, 4.69) is 5.32 Å². The maximum Gasteiger partial charge on any atom is 0.349 e. The van der Waals surface area contributed by atoms with Crippen molar-refractivity contribution >= 4 is 29.5 Å². The van der Waals surface area contributed by atoms with Gasteiger partial charge in [-0.1, -0.05) is 35.4 Å². The van der Waals surface area contributed by atoms with Crippen LogP contribution in [0.15, 0.2) is 66.7 Å². The van der Waals surface area contributed by atoms with Crippen molar-refractivity contribution in [2.24, 2.45) is 0 Å². The number of nitrogens with one attached hydrogen (secondary N) is 1. The molecule has 0 fully saturated rings. The lowest BCUT2D eigenvalue weighted by molar-refractivity contribution is -0.157. The van der Waals surface area contributed by atoms with E-state index in [0.717, 1.165) is 11.1 Å². The van der Waals surface area contributed by atoms with Gasteiger partial charge < -0.3 is 29.4 Å². The lowest BCUT2D eigenvalue weighted by Gasteiger charge is -2.24. The Morgan fingerprint density at radius 3 is 1.76 bits per heavy atom. The summed E-state index contributed by atoms with van der Waals surface area (Å²) < 4.78 is 21.0. The minimum Gasteiger partial charge on any atom is -0.497 e. The summed E-state index contributed by atoms with van der Waals surface area (Å²) in [4.78, 5) is 51.3. The van der Waals surface area contributed by atoms with Crippen LogP contribution in [-0.4, -0.2) is 55.3 Å². The second-order valence-electron chi connectivity index (χ2n) is 8.28. The second-order valence-corrected chi connectivity index (χ2v) is 8.28. The summed E-state index contributed by atoms with van der Waals surface area (Å²) in [5.74, 6) is -4.15. The standard InChI is InChI=1S/C28H27NO9/c1-16-7-5-9-18(13-16)27(33)37-23(25(30)29-21-15-20(35-3)11-12-22(21)36-4)24(26(31)32)38-28(34)19-10-6-8-17(2)14-19/h5-15,23-24H,1-4H3,(H,29,30)(H,31,32)/t23-,24-/m1/s1. The SMILES string of the molecule is COc1ccc(OC)c(NC(=O)[C@H](OC(=O)c2cccc(C)c2)[C@@H](OC(=O)c2cccc(C)c2)C(=O)O)c1. The number of hydrogen-bond acceptors (Lipinski definition) is 8. The van der Waals surface area contributed by atoms with Crippen LogP contribution >= 0.6 is 0 Å². The number of rotatable bonds is 10. The molecule has 3 aromatic carbocycles. The molecule has 0 saturated heterocycles. The molecule has 2 N–H and O–H groups in total. The summed E-state index contributed by atoms with van der Waals surface area (Å²) in [7, 11) is 2.79. The molecule has 0 aliphatic carbocycles. The Morgan fingerprint density at radius 2 is 1.29 bits per heavy atom. The number of anilines is 1. The van der Waals surface area contributed by atoms with Crippen molar-refractivity contribution in [1.82, 2.24) is 0 Å². The summed E-state index contributed by atoms with van der Waals surface area (Å²) in [6.07, 6.45) is -4.24. The monoisotopic (exact) mass is 521 g/mol. The van der Waals surface area contributed by atoms with Crippen molar-refractivity contribution in [3.63, 3.8) is 0 Å². The summed E-state index contributed by atoms with van der Waals surface area (Å²) in [6, 6.07) is 17.1. The largest absolute Gasteiger partial charge is 0.497 e. The van der Waals surface area contributed by atoms with Crippen LogP contribution in [0.4, 0.5) is 5.69 Å². The Hall–Kier alpha value is -4.86. The van der Waals surface area contributed by atoms with Crippen LogP contribution in [0.3, 0.4) is 0 Å². The minimum atomic E-state index is -2.17. The van der Waals surface area contributed by atoms with E-state index in [1.807, 2.05) is 0 Å². The Morgan fingerprint density at radius 1 is 0.737 bits per heavy atom. The maximum atomic E-state index is 13.4. The van der Waals surface area contributed by atoms with Gasteiger partial charge in [0, 0.05) is 6.07 Å². The Balaban J connectivity index is 1.98. The van der Waals surface area contributed by atoms with Gasteiger partial charge in [-0.05, 0) is 50.2 Å². The highest BCUT2D eigenvalue weighted by Crippen LogP contribution is 2.29. The maximum absolute atomic E-state index is 13.4. The van der Waals surface area contributed by atoms with E-state index in [1.54, 1.807) is 44.2 Å². The Bertz CT molecular complexity index is 1350. The molecule has 0 bridgehead atoms. The molecule has 0 aromatic heterocycles. The van der Waals surface area contributed by atoms with E-state index in [4.69, 9.17) is 18.9 Å². The van der Waals surface area contributed by atoms with E-state index in [0.29, 0.717) is 5.75 Å². The number of carbonyl (C=O) groups is 4. The van der Waals surface area contributed by atoms with Crippen molar-refractivity contribution < 1.29 is 43.2 Å². The van der Waals surface area contributed by atoms with Gasteiger partial charge in [0.25, 0.3) is 5.91 Å². The van der Waals surface area contributed by atoms with Crippen molar-refractivity contribution in [2.75, 3.05) is 19.5 Å². The van der Waals surface area contributed by atoms with Crippen molar-refractivity contribution in [2.45, 2.75) is 26.1 Å². The highest BCUT2D eigenvalue weighted by molar-refractivity contribution is 6.02. The lowest BCUT2D eigenvalue weighted by Crippen LogP contribution is -2.48. The van der Waals surface area contributed by atoms with Gasteiger partial charge >= 0.3 is 17.9 Å². The number of carboxylic acid groups (broad SMARTS) is 1. The van der Waals surface area contributed by atoms with Gasteiger partial charge in [0.2, 0.25) is 12.2 Å². The topological polar surface area (TPSA) is 137 Å². The number of aryl methyl sites for hydroxylation is 2. The van der Waals surface area contributed by atoms with Gasteiger partial charge in [-0.3, -0.25) is 4.79 Å². The molecule has 3 aromatic rings. The zero-order chi connectivity index (χ0) is 27.8. The van der Waals surface area contributed by atoms with Crippen LogP contribution in [0.1, 0.15) is 31.8 Å². The number of carbonyl (C=O) groups excluding carboxylic acids is 3. The fourth-order valence-corrected chi connectivity index (χ4v) is 3.52. The van der Waals surface area contributed by atoms with E-state index in [-0.39, 0.29) is 22.6 Å². The van der Waals surface area contributed by atoms with Gasteiger partial charge in [-0.15, -0.1) is 0 Å². The molecule has 198 valence electrons. The van der Waals surface area contributed by atoms with Gasteiger partial charge in [0.15, 0.2) is 0 Å². The minimum absolute atomic E-state index is 0.0647. The third-order valence-corrected chi connectivity index (χ3v) is 5.42. The van der Waals surface area contributed by atoms with Crippen LogP contribution in [-0.2, 0) is 19.1 Å². The third kappa shape index (κ3) is 6.88. The summed E-state index contributed by atoms with van der Waals surface area (Å²) in [6.45, 7) is 3.49. The van der Waals surface area contributed by atoms with E-state index >= 15 is 0 Å². The first-order valence-corrected chi connectivity index (χ1v) is 11.4. The number of carboxylic acids is 1. The van der Waals surface area contributed by atoms with Crippen LogP contribution in [0.5, 0.6) is 11.5 Å². The van der Waals surface area contributed by atoms with Gasteiger partial charge in [-0.25, -0.2) is 14.4 Å². The van der Waals surface area contributed by atoms with Crippen LogP contribution in [0.2, 0.25) is 0 Å². The van der Waals surface area contributed by atoms with Crippen molar-refractivity contribution in [3.8, 4) is 11.5 Å². The Kier molecular flexibility index (Phi) is 9.04. The molecule has 0 radical (unpaired) electrons. The van der Waals surface area contributed by atoms with E-state index in [1.165, 1.54) is 50.6 Å². The number of ether oxygens (including phenoxy) is 4. The fraction of sp³-hybridized carbons (Fsp3) is 0.214. The smallest absolute Gasteiger partial charge is 0.349 e. The molecule has 0 aliphatic heterocycles. The molecule has 0 spiro atoms.